The molecule has 2 rings (SSSR count). The Kier molecular flexibility index (Phi) is 3.65. The number of alkyl halides is 3. The molecule has 6 heteroatoms. The molecular formula is C14H14F3N3. The molecule has 1 N–H and O–H groups in total. The van der Waals surface area contributed by atoms with Crippen LogP contribution in [-0.2, 0) is 6.18 Å². The van der Waals surface area contributed by atoms with Crippen LogP contribution in [0.5, 0.6) is 0 Å². The van der Waals surface area contributed by atoms with Gasteiger partial charge in [-0.1, -0.05) is 17.7 Å². The summed E-state index contributed by atoms with van der Waals surface area (Å²) in [7, 11) is 1.49. The smallest absolute Gasteiger partial charge is 0.357 e. The number of aromatic nitrogens is 2. The fourth-order valence-corrected chi connectivity index (χ4v) is 1.85. The molecule has 0 amide bonds. The maximum atomic E-state index is 12.9. The Morgan fingerprint density at radius 2 is 1.75 bits per heavy atom. The van der Waals surface area contributed by atoms with Gasteiger partial charge < -0.3 is 5.32 Å². The van der Waals surface area contributed by atoms with E-state index in [1.165, 1.54) is 7.05 Å². The van der Waals surface area contributed by atoms with Gasteiger partial charge in [0.2, 0.25) is 5.95 Å². The third kappa shape index (κ3) is 2.89. The molecule has 0 aliphatic heterocycles. The molecule has 0 unspecified atom stereocenters. The first kappa shape index (κ1) is 14.3. The van der Waals surface area contributed by atoms with Crippen molar-refractivity contribution in [2.45, 2.75) is 20.0 Å². The highest BCUT2D eigenvalue weighted by Crippen LogP contribution is 2.32. The first-order valence-corrected chi connectivity index (χ1v) is 6.03. The Balaban J connectivity index is 2.64. The molecule has 3 nitrogen and oxygen atoms in total. The maximum absolute atomic E-state index is 12.9. The summed E-state index contributed by atoms with van der Waals surface area (Å²) in [4.78, 5) is 7.57. The Bertz CT molecular complexity index is 636. The van der Waals surface area contributed by atoms with E-state index in [1.807, 2.05) is 32.0 Å². The predicted octanol–water partition coefficient (Wildman–Crippen LogP) is 3.82. The first-order valence-electron chi connectivity index (χ1n) is 6.03. The average molecular weight is 281 g/mol. The molecule has 0 bridgehead atoms. The van der Waals surface area contributed by atoms with Crippen LogP contribution in [0.1, 0.15) is 16.8 Å². The van der Waals surface area contributed by atoms with Crippen LogP contribution in [0.4, 0.5) is 19.1 Å². The van der Waals surface area contributed by atoms with E-state index in [0.717, 1.165) is 17.2 Å². The number of benzene rings is 1. The second-order valence-corrected chi connectivity index (χ2v) is 4.53. The van der Waals surface area contributed by atoms with Crippen LogP contribution in [0, 0.1) is 13.8 Å². The molecule has 2 aromatic rings. The lowest BCUT2D eigenvalue weighted by atomic mass is 10.0. The van der Waals surface area contributed by atoms with Gasteiger partial charge in [0.05, 0.1) is 5.69 Å². The zero-order valence-electron chi connectivity index (χ0n) is 11.3. The molecular weight excluding hydrogens is 267 g/mol. The molecule has 1 heterocycles. The summed E-state index contributed by atoms with van der Waals surface area (Å²) in [5.41, 5.74) is 1.81. The topological polar surface area (TPSA) is 37.8 Å². The second kappa shape index (κ2) is 5.11. The van der Waals surface area contributed by atoms with Crippen LogP contribution in [-0.4, -0.2) is 17.0 Å². The van der Waals surface area contributed by atoms with Gasteiger partial charge in [0.1, 0.15) is 0 Å². The van der Waals surface area contributed by atoms with Gasteiger partial charge in [-0.3, -0.25) is 0 Å². The zero-order valence-corrected chi connectivity index (χ0v) is 11.3. The van der Waals surface area contributed by atoms with Gasteiger partial charge in [0, 0.05) is 12.6 Å². The molecule has 0 saturated carbocycles. The fraction of sp³-hybridized carbons (Fsp3) is 0.286. The highest BCUT2D eigenvalue weighted by atomic mass is 19.4. The van der Waals surface area contributed by atoms with Gasteiger partial charge in [0.15, 0.2) is 5.69 Å². The minimum Gasteiger partial charge on any atom is -0.357 e. The second-order valence-electron chi connectivity index (χ2n) is 4.53. The molecule has 0 fully saturated rings. The van der Waals surface area contributed by atoms with Crippen molar-refractivity contribution in [3.8, 4) is 11.3 Å². The number of anilines is 1. The first-order chi connectivity index (χ1) is 9.31. The van der Waals surface area contributed by atoms with Gasteiger partial charge >= 0.3 is 6.18 Å². The van der Waals surface area contributed by atoms with Crippen molar-refractivity contribution < 1.29 is 13.2 Å². The molecule has 1 aromatic heterocycles. The van der Waals surface area contributed by atoms with Crippen molar-refractivity contribution >= 4 is 5.95 Å². The molecule has 20 heavy (non-hydrogen) atoms. The molecule has 1 aromatic carbocycles. The average Bonchev–Trinajstić information content (AvgIpc) is 2.40. The monoisotopic (exact) mass is 281 g/mol. The van der Waals surface area contributed by atoms with Gasteiger partial charge in [0.25, 0.3) is 0 Å². The van der Waals surface area contributed by atoms with Crippen LogP contribution in [0.15, 0.2) is 24.3 Å². The van der Waals surface area contributed by atoms with Gasteiger partial charge in [-0.2, -0.15) is 13.2 Å². The van der Waals surface area contributed by atoms with Gasteiger partial charge in [-0.15, -0.1) is 0 Å². The fourth-order valence-electron chi connectivity index (χ4n) is 1.85. The van der Waals surface area contributed by atoms with E-state index in [9.17, 15) is 13.2 Å². The number of rotatable bonds is 2. The zero-order chi connectivity index (χ0) is 14.9. The van der Waals surface area contributed by atoms with E-state index >= 15 is 0 Å². The Morgan fingerprint density at radius 3 is 2.35 bits per heavy atom. The van der Waals surface area contributed by atoms with E-state index in [2.05, 4.69) is 15.3 Å². The Labute approximate surface area is 114 Å². The quantitative estimate of drug-likeness (QED) is 0.909. The number of hydrogen-bond donors (Lipinski definition) is 1. The molecule has 0 atom stereocenters. The lowest BCUT2D eigenvalue weighted by Crippen LogP contribution is -2.11. The van der Waals surface area contributed by atoms with Crippen molar-refractivity contribution in [3.63, 3.8) is 0 Å². The standard InChI is InChI=1S/C14H14F3N3/c1-8-4-5-9(2)10(6-8)11-7-12(14(15,16)17)20-13(18-3)19-11/h4-7H,1-3H3,(H,18,19,20). The molecule has 106 valence electrons. The van der Waals surface area contributed by atoms with Crippen LogP contribution < -0.4 is 5.32 Å². The van der Waals surface area contributed by atoms with E-state index in [0.29, 0.717) is 5.56 Å². The lowest BCUT2D eigenvalue weighted by Gasteiger charge is -2.12. The summed E-state index contributed by atoms with van der Waals surface area (Å²) in [5.74, 6) is -0.0456. The summed E-state index contributed by atoms with van der Waals surface area (Å²) in [6.45, 7) is 3.72. The van der Waals surface area contributed by atoms with E-state index in [-0.39, 0.29) is 11.6 Å². The van der Waals surface area contributed by atoms with Crippen molar-refractivity contribution in [2.24, 2.45) is 0 Å². The summed E-state index contributed by atoms with van der Waals surface area (Å²) in [6, 6.07) is 6.56. The van der Waals surface area contributed by atoms with Crippen molar-refractivity contribution in [2.75, 3.05) is 12.4 Å². The number of aryl methyl sites for hydroxylation is 2. The van der Waals surface area contributed by atoms with Crippen molar-refractivity contribution in [1.29, 1.82) is 0 Å². The highest BCUT2D eigenvalue weighted by Gasteiger charge is 2.33. The number of nitrogens with zero attached hydrogens (tertiary/aromatic N) is 2. The normalized spacial score (nSPS) is 11.5. The van der Waals surface area contributed by atoms with Crippen LogP contribution >= 0.6 is 0 Å². The van der Waals surface area contributed by atoms with Crippen molar-refractivity contribution in [1.82, 2.24) is 9.97 Å². The van der Waals surface area contributed by atoms with Gasteiger partial charge in [-0.05, 0) is 31.5 Å². The Hall–Kier alpha value is -2.11. The van der Waals surface area contributed by atoms with E-state index in [4.69, 9.17) is 0 Å². The predicted molar refractivity (Wildman–Crippen MR) is 71.5 cm³/mol. The largest absolute Gasteiger partial charge is 0.433 e. The molecule has 0 radical (unpaired) electrons. The number of halogens is 3. The van der Waals surface area contributed by atoms with Crippen molar-refractivity contribution in [3.05, 3.63) is 41.1 Å². The number of hydrogen-bond acceptors (Lipinski definition) is 3. The minimum absolute atomic E-state index is 0.0456. The van der Waals surface area contributed by atoms with Gasteiger partial charge in [-0.25, -0.2) is 9.97 Å². The lowest BCUT2D eigenvalue weighted by molar-refractivity contribution is -0.141. The van der Waals surface area contributed by atoms with Crippen LogP contribution in [0.3, 0.4) is 0 Å². The third-order valence-corrected chi connectivity index (χ3v) is 2.91. The SMILES string of the molecule is CNc1nc(-c2cc(C)ccc2C)cc(C(F)(F)F)n1. The summed E-state index contributed by atoms with van der Waals surface area (Å²) >= 11 is 0. The van der Waals surface area contributed by atoms with Crippen LogP contribution in [0.25, 0.3) is 11.3 Å². The third-order valence-electron chi connectivity index (χ3n) is 2.91. The minimum atomic E-state index is -4.50. The Morgan fingerprint density at radius 1 is 1.05 bits per heavy atom. The summed E-state index contributed by atoms with van der Waals surface area (Å²) in [6.07, 6.45) is -4.50. The highest BCUT2D eigenvalue weighted by molar-refractivity contribution is 5.65. The van der Waals surface area contributed by atoms with Crippen LogP contribution in [0.2, 0.25) is 0 Å². The van der Waals surface area contributed by atoms with E-state index in [1.54, 1.807) is 0 Å². The summed E-state index contributed by atoms with van der Waals surface area (Å²) in [5, 5.41) is 2.56. The number of nitrogens with one attached hydrogen (secondary N) is 1. The van der Waals surface area contributed by atoms with E-state index < -0.39 is 11.9 Å². The molecule has 0 spiro atoms. The maximum Gasteiger partial charge on any atom is 0.433 e. The summed E-state index contributed by atoms with van der Waals surface area (Å²) < 4.78 is 38.6. The molecule has 0 aliphatic carbocycles. The molecule has 0 saturated heterocycles. The molecule has 0 aliphatic rings.